The molecule has 2 aliphatic carbocycles. The van der Waals surface area contributed by atoms with Gasteiger partial charge in [0.2, 0.25) is 0 Å². The Labute approximate surface area is 160 Å². The minimum atomic E-state index is -1.00. The predicted molar refractivity (Wildman–Crippen MR) is 110 cm³/mol. The summed E-state index contributed by atoms with van der Waals surface area (Å²) in [6.45, 7) is 9.07. The minimum absolute atomic E-state index is 0.112. The van der Waals surface area contributed by atoms with Gasteiger partial charge in [-0.05, 0) is 65.6 Å². The number of methoxy groups -OCH3 is 1. The van der Waals surface area contributed by atoms with Crippen LogP contribution in [0.4, 0.5) is 0 Å². The molecule has 3 aliphatic rings. The van der Waals surface area contributed by atoms with E-state index >= 15 is 0 Å². The van der Waals surface area contributed by atoms with E-state index in [1.54, 1.807) is 7.11 Å². The SMILES string of the molecule is COC1CCN=C(C(=O)O)C1=Cc1cc(C)c2cc(C(C)C)ccc(C)c1-2. The number of fused-ring (bicyclic) bond motifs is 1. The summed E-state index contributed by atoms with van der Waals surface area (Å²) in [5, 5.41) is 9.58. The van der Waals surface area contributed by atoms with E-state index in [-0.39, 0.29) is 11.8 Å². The van der Waals surface area contributed by atoms with Gasteiger partial charge in [0, 0.05) is 19.2 Å². The molecule has 0 saturated heterocycles. The van der Waals surface area contributed by atoms with Crippen molar-refractivity contribution in [3.8, 4) is 11.1 Å². The van der Waals surface area contributed by atoms with Crippen LogP contribution >= 0.6 is 0 Å². The topological polar surface area (TPSA) is 58.9 Å². The molecule has 1 heterocycles. The zero-order valence-electron chi connectivity index (χ0n) is 16.7. The average molecular weight is 365 g/mol. The Balaban J connectivity index is 2.21. The summed E-state index contributed by atoms with van der Waals surface area (Å²) in [7, 11) is 1.62. The van der Waals surface area contributed by atoms with Crippen LogP contribution in [0.15, 0.2) is 34.8 Å². The van der Waals surface area contributed by atoms with Crippen LogP contribution < -0.4 is 0 Å². The number of aliphatic carboxylic acids is 1. The van der Waals surface area contributed by atoms with Gasteiger partial charge in [0.05, 0.1) is 6.10 Å². The number of ether oxygens (including phenoxy) is 1. The average Bonchev–Trinajstić information content (AvgIpc) is 2.81. The van der Waals surface area contributed by atoms with Crippen LogP contribution in [0.1, 0.15) is 48.4 Å². The molecule has 0 radical (unpaired) electrons. The van der Waals surface area contributed by atoms with Crippen molar-refractivity contribution < 1.29 is 14.6 Å². The molecule has 4 heteroatoms. The second-order valence-corrected chi connectivity index (χ2v) is 7.53. The van der Waals surface area contributed by atoms with Crippen LogP contribution in [-0.2, 0) is 9.53 Å². The van der Waals surface area contributed by atoms with E-state index in [1.165, 1.54) is 22.3 Å². The number of aliphatic imine (C=N–C) groups is 1. The Kier molecular flexibility index (Phi) is 5.47. The van der Waals surface area contributed by atoms with Gasteiger partial charge in [0.25, 0.3) is 0 Å². The Bertz CT molecular complexity index is 908. The van der Waals surface area contributed by atoms with Gasteiger partial charge in [-0.15, -0.1) is 0 Å². The smallest absolute Gasteiger partial charge is 0.354 e. The van der Waals surface area contributed by atoms with Gasteiger partial charge in [-0.25, -0.2) is 4.79 Å². The molecule has 3 rings (SSSR count). The molecule has 0 fully saturated rings. The highest BCUT2D eigenvalue weighted by Gasteiger charge is 2.28. The summed E-state index contributed by atoms with van der Waals surface area (Å²) < 4.78 is 5.56. The largest absolute Gasteiger partial charge is 0.477 e. The van der Waals surface area contributed by atoms with Crippen LogP contribution in [-0.4, -0.2) is 36.5 Å². The molecule has 1 atom stereocenters. The van der Waals surface area contributed by atoms with Gasteiger partial charge >= 0.3 is 5.97 Å². The summed E-state index contributed by atoms with van der Waals surface area (Å²) in [5.41, 5.74) is 7.83. The highest BCUT2D eigenvalue weighted by Crippen LogP contribution is 2.38. The molecule has 0 spiro atoms. The number of hydrogen-bond acceptors (Lipinski definition) is 3. The standard InChI is InChI=1S/C23H27NO3/c1-13(2)16-7-6-14(3)21-17(10-15(4)18(21)11-16)12-19-20(27-5)8-9-24-22(19)23(25)26/h6-7,10-13,20H,8-9H2,1-5H3,(H,25,26). The van der Waals surface area contributed by atoms with Gasteiger partial charge < -0.3 is 9.84 Å². The maximum Gasteiger partial charge on any atom is 0.354 e. The van der Waals surface area contributed by atoms with Crippen molar-refractivity contribution in [3.63, 3.8) is 0 Å². The molecule has 0 saturated carbocycles. The third-order valence-electron chi connectivity index (χ3n) is 5.33. The molecule has 0 aromatic carbocycles. The van der Waals surface area contributed by atoms with Crippen molar-refractivity contribution in [2.45, 2.75) is 46.1 Å². The zero-order chi connectivity index (χ0) is 19.7. The molecule has 4 nitrogen and oxygen atoms in total. The third-order valence-corrected chi connectivity index (χ3v) is 5.33. The van der Waals surface area contributed by atoms with E-state index in [2.05, 4.69) is 57.0 Å². The summed E-state index contributed by atoms with van der Waals surface area (Å²) >= 11 is 0. The minimum Gasteiger partial charge on any atom is -0.477 e. The van der Waals surface area contributed by atoms with Crippen LogP contribution in [0, 0.1) is 13.8 Å². The van der Waals surface area contributed by atoms with Crippen LogP contribution in [0.3, 0.4) is 0 Å². The summed E-state index contributed by atoms with van der Waals surface area (Å²) in [6.07, 6.45) is 2.40. The number of rotatable bonds is 4. The first-order valence-electron chi connectivity index (χ1n) is 9.39. The Morgan fingerprint density at radius 3 is 2.63 bits per heavy atom. The number of carboxylic acids is 1. The van der Waals surface area contributed by atoms with Gasteiger partial charge in [0.15, 0.2) is 0 Å². The molecule has 1 N–H and O–H groups in total. The highest BCUT2D eigenvalue weighted by molar-refractivity contribution is 6.44. The molecular weight excluding hydrogens is 338 g/mol. The molecule has 142 valence electrons. The summed E-state index contributed by atoms with van der Waals surface area (Å²) in [4.78, 5) is 15.9. The lowest BCUT2D eigenvalue weighted by atomic mass is 9.94. The Hall–Kier alpha value is -2.46. The molecule has 0 bridgehead atoms. The lowest BCUT2D eigenvalue weighted by molar-refractivity contribution is -0.129. The first-order chi connectivity index (χ1) is 12.8. The molecule has 0 amide bonds. The van der Waals surface area contributed by atoms with Gasteiger partial charge in [-0.3, -0.25) is 4.99 Å². The van der Waals surface area contributed by atoms with E-state index in [0.717, 1.165) is 11.1 Å². The number of carbonyl (C=O) groups is 1. The van der Waals surface area contributed by atoms with E-state index in [9.17, 15) is 9.90 Å². The second-order valence-electron chi connectivity index (χ2n) is 7.53. The maximum absolute atomic E-state index is 11.7. The van der Waals surface area contributed by atoms with E-state index in [0.29, 0.717) is 24.5 Å². The first-order valence-corrected chi connectivity index (χ1v) is 9.39. The maximum atomic E-state index is 11.7. The lowest BCUT2D eigenvalue weighted by Gasteiger charge is -2.22. The Morgan fingerprint density at radius 2 is 2.00 bits per heavy atom. The van der Waals surface area contributed by atoms with Crippen molar-refractivity contribution in [1.82, 2.24) is 0 Å². The van der Waals surface area contributed by atoms with Crippen molar-refractivity contribution in [1.29, 1.82) is 0 Å². The third kappa shape index (κ3) is 3.67. The summed E-state index contributed by atoms with van der Waals surface area (Å²) in [5.74, 6) is -0.557. The van der Waals surface area contributed by atoms with Gasteiger partial charge in [0.1, 0.15) is 5.71 Å². The van der Waals surface area contributed by atoms with Crippen molar-refractivity contribution >= 4 is 17.8 Å². The van der Waals surface area contributed by atoms with Gasteiger partial charge in [-0.2, -0.15) is 0 Å². The van der Waals surface area contributed by atoms with E-state index < -0.39 is 5.97 Å². The lowest BCUT2D eigenvalue weighted by Crippen LogP contribution is -2.30. The normalized spacial score (nSPS) is 19.0. The fourth-order valence-corrected chi connectivity index (χ4v) is 3.81. The van der Waals surface area contributed by atoms with E-state index in [1.807, 2.05) is 6.08 Å². The van der Waals surface area contributed by atoms with Crippen molar-refractivity contribution in [2.24, 2.45) is 4.99 Å². The van der Waals surface area contributed by atoms with Crippen molar-refractivity contribution in [2.75, 3.05) is 13.7 Å². The Morgan fingerprint density at radius 1 is 1.26 bits per heavy atom. The second kappa shape index (κ2) is 7.65. The monoisotopic (exact) mass is 365 g/mol. The van der Waals surface area contributed by atoms with Crippen LogP contribution in [0.2, 0.25) is 0 Å². The fraction of sp³-hybridized carbons (Fsp3) is 0.391. The van der Waals surface area contributed by atoms with Crippen LogP contribution in [0.25, 0.3) is 17.2 Å². The van der Waals surface area contributed by atoms with Crippen molar-refractivity contribution in [3.05, 3.63) is 52.1 Å². The molecule has 0 aromatic heterocycles. The predicted octanol–water partition coefficient (Wildman–Crippen LogP) is 4.86. The van der Waals surface area contributed by atoms with Crippen LogP contribution in [0.5, 0.6) is 0 Å². The number of nitrogens with zero attached hydrogens (tertiary/aromatic N) is 1. The number of carboxylic acid groups (broad SMARTS) is 1. The van der Waals surface area contributed by atoms with Gasteiger partial charge in [-0.1, -0.05) is 38.1 Å². The quantitative estimate of drug-likeness (QED) is 0.842. The highest BCUT2D eigenvalue weighted by atomic mass is 16.5. The molecular formula is C23H27NO3. The first kappa shape index (κ1) is 19.3. The number of aryl methyl sites for hydroxylation is 2. The zero-order valence-corrected chi connectivity index (χ0v) is 16.7. The summed E-state index contributed by atoms with van der Waals surface area (Å²) in [6, 6.07) is 8.72. The van der Waals surface area contributed by atoms with E-state index in [4.69, 9.17) is 4.74 Å². The fourth-order valence-electron chi connectivity index (χ4n) is 3.81. The molecule has 0 aromatic rings. The molecule has 1 aliphatic heterocycles. The number of hydrogen-bond donors (Lipinski definition) is 1. The molecule has 1 unspecified atom stereocenters. The molecule has 27 heavy (non-hydrogen) atoms.